The lowest BCUT2D eigenvalue weighted by Crippen LogP contribution is -1.94. The van der Waals surface area contributed by atoms with Crippen LogP contribution in [-0.4, -0.2) is 39.5 Å². The summed E-state index contributed by atoms with van der Waals surface area (Å²) in [7, 11) is 1.99. The first-order chi connectivity index (χ1) is 16.4. The van der Waals surface area contributed by atoms with E-state index in [2.05, 4.69) is 23.8 Å². The molecule has 8 bridgehead atoms. The fourth-order valence-corrected chi connectivity index (χ4v) is 4.62. The zero-order chi connectivity index (χ0) is 23.6. The van der Waals surface area contributed by atoms with Crippen LogP contribution in [0.1, 0.15) is 40.8 Å². The van der Waals surface area contributed by atoms with Crippen LogP contribution in [0.3, 0.4) is 0 Å². The Morgan fingerprint density at radius 1 is 0.706 bits per heavy atom. The number of aryl methyl sites for hydroxylation is 5. The zero-order valence-electron chi connectivity index (χ0n) is 19.8. The van der Waals surface area contributed by atoms with Crippen molar-refractivity contribution in [2.75, 3.05) is 0 Å². The molecule has 0 unspecified atom stereocenters. The Labute approximate surface area is 196 Å². The van der Waals surface area contributed by atoms with Crippen molar-refractivity contribution >= 4 is 34.7 Å². The summed E-state index contributed by atoms with van der Waals surface area (Å²) in [6.07, 6.45) is 4.61. The van der Waals surface area contributed by atoms with Crippen molar-refractivity contribution in [3.05, 3.63) is 58.2 Å². The maximum absolute atomic E-state index is 5.05. The Hall–Kier alpha value is -4.20. The molecule has 0 saturated heterocycles. The van der Waals surface area contributed by atoms with Gasteiger partial charge in [0, 0.05) is 23.7 Å². The fraction of sp³-hybridized carbons (Fsp3) is 0.231. The molecule has 168 valence electrons. The van der Waals surface area contributed by atoms with E-state index in [9.17, 15) is 0 Å². The number of nitrogens with one attached hydrogen (secondary N) is 1. The Bertz CT molecular complexity index is 1690. The summed E-state index contributed by atoms with van der Waals surface area (Å²) in [5, 5.41) is 0. The van der Waals surface area contributed by atoms with Gasteiger partial charge >= 0.3 is 0 Å². The van der Waals surface area contributed by atoms with Crippen LogP contribution < -0.4 is 0 Å². The van der Waals surface area contributed by atoms with E-state index in [-0.39, 0.29) is 0 Å². The van der Waals surface area contributed by atoms with Gasteiger partial charge in [0.2, 0.25) is 0 Å². The van der Waals surface area contributed by atoms with Gasteiger partial charge < -0.3 is 9.55 Å². The average Bonchev–Trinajstić information content (AvgIpc) is 3.54. The first-order valence-corrected chi connectivity index (χ1v) is 11.4. The number of nitrogens with zero attached hydrogens (tertiary/aromatic N) is 7. The zero-order valence-corrected chi connectivity index (χ0v) is 19.8. The number of fused-ring (bicyclic) bond motifs is 11. The second-order valence-electron chi connectivity index (χ2n) is 8.65. The lowest BCUT2D eigenvalue weighted by Gasteiger charge is -1.99. The van der Waals surface area contributed by atoms with E-state index < -0.39 is 0 Å². The number of rotatable bonds is 1. The fourth-order valence-electron chi connectivity index (χ4n) is 4.62. The predicted octanol–water partition coefficient (Wildman–Crippen LogP) is 4.90. The Morgan fingerprint density at radius 3 is 2.00 bits per heavy atom. The molecule has 0 saturated carbocycles. The molecule has 0 amide bonds. The molecule has 4 aromatic rings. The van der Waals surface area contributed by atoms with Crippen molar-refractivity contribution in [1.29, 1.82) is 0 Å². The van der Waals surface area contributed by atoms with Gasteiger partial charge in [0.15, 0.2) is 23.3 Å². The number of hydrogen-bond donors (Lipinski definition) is 1. The van der Waals surface area contributed by atoms with Gasteiger partial charge in [-0.25, -0.2) is 29.9 Å². The Balaban J connectivity index is 1.83. The molecule has 3 aromatic heterocycles. The maximum Gasteiger partial charge on any atom is 0.164 e. The van der Waals surface area contributed by atoms with Crippen molar-refractivity contribution in [1.82, 2.24) is 39.5 Å². The second-order valence-corrected chi connectivity index (χ2v) is 8.65. The molecule has 0 aliphatic carbocycles. The third-order valence-corrected chi connectivity index (χ3v) is 6.66. The Kier molecular flexibility index (Phi) is 4.45. The molecule has 8 heteroatoms. The molecule has 0 spiro atoms. The van der Waals surface area contributed by atoms with Gasteiger partial charge in [0.05, 0.1) is 0 Å². The molecule has 34 heavy (non-hydrogen) atoms. The molecule has 0 atom stereocenters. The summed E-state index contributed by atoms with van der Waals surface area (Å²) >= 11 is 0. The van der Waals surface area contributed by atoms with Crippen LogP contribution in [0.2, 0.25) is 0 Å². The molecule has 2 aliphatic heterocycles. The first-order valence-electron chi connectivity index (χ1n) is 11.4. The van der Waals surface area contributed by atoms with Crippen molar-refractivity contribution < 1.29 is 0 Å². The van der Waals surface area contributed by atoms with E-state index in [4.69, 9.17) is 24.9 Å². The molecule has 0 fully saturated rings. The monoisotopic (exact) mass is 448 g/mol. The van der Waals surface area contributed by atoms with Gasteiger partial charge in [-0.05, 0) is 56.0 Å². The van der Waals surface area contributed by atoms with Crippen LogP contribution in [0, 0.1) is 20.8 Å². The van der Waals surface area contributed by atoms with Crippen LogP contribution >= 0.6 is 0 Å². The molecule has 1 N–H and O–H groups in total. The lowest BCUT2D eigenvalue weighted by molar-refractivity contribution is 0.950. The van der Waals surface area contributed by atoms with E-state index in [0.29, 0.717) is 23.3 Å². The largest absolute Gasteiger partial charge is 0.324 e. The summed E-state index contributed by atoms with van der Waals surface area (Å²) in [5.74, 6) is 2.52. The molecule has 0 radical (unpaired) electrons. The van der Waals surface area contributed by atoms with Crippen LogP contribution in [0.4, 0.5) is 0 Å². The Morgan fingerprint density at radius 2 is 1.32 bits per heavy atom. The highest BCUT2D eigenvalue weighted by Gasteiger charge is 2.20. The highest BCUT2D eigenvalue weighted by atomic mass is 15.1. The maximum atomic E-state index is 5.05. The van der Waals surface area contributed by atoms with E-state index in [1.807, 2.05) is 61.9 Å². The summed E-state index contributed by atoms with van der Waals surface area (Å²) in [4.78, 5) is 32.4. The van der Waals surface area contributed by atoms with Gasteiger partial charge in [-0.1, -0.05) is 31.2 Å². The standard InChI is InChI=1S/C26H24N8/c1-6-16-15(4)25-29-20-12-11-19(27-20)28-21-13(2)14(3)22(30-21)31-23-17-9-7-8-10-18(17)24(32-23)33-26(16)34(25)5/h7-12H,6H2,1-5H3,(H,27,28,29,30,31,32,33). The third-order valence-electron chi connectivity index (χ3n) is 6.66. The normalized spacial score (nSPS) is 12.3. The van der Waals surface area contributed by atoms with Crippen LogP contribution in [-0.2, 0) is 13.5 Å². The van der Waals surface area contributed by atoms with Gasteiger partial charge in [0.1, 0.15) is 22.6 Å². The molecule has 8 nitrogen and oxygen atoms in total. The summed E-state index contributed by atoms with van der Waals surface area (Å²) < 4.78 is 2.02. The topological polar surface area (TPSA) is 98.1 Å². The van der Waals surface area contributed by atoms with E-state index >= 15 is 0 Å². The van der Waals surface area contributed by atoms with Gasteiger partial charge in [-0.15, -0.1) is 0 Å². The SMILES string of the molecule is CCc1c(C)c2nc3nc(nc4[nH]c(nc5nc(nc1n2C)-c1ccccc1-5)c(C)c4C)C=C3. The van der Waals surface area contributed by atoms with Crippen molar-refractivity contribution in [2.45, 2.75) is 34.1 Å². The summed E-state index contributed by atoms with van der Waals surface area (Å²) in [6.45, 7) is 8.29. The molecule has 2 aliphatic rings. The third kappa shape index (κ3) is 2.98. The molecule has 6 rings (SSSR count). The second kappa shape index (κ2) is 7.41. The molecule has 1 aromatic carbocycles. The lowest BCUT2D eigenvalue weighted by atomic mass is 10.1. The first kappa shape index (κ1) is 20.4. The average molecular weight is 449 g/mol. The van der Waals surface area contributed by atoms with Crippen molar-refractivity contribution in [3.63, 3.8) is 0 Å². The van der Waals surface area contributed by atoms with Gasteiger partial charge in [-0.2, -0.15) is 0 Å². The number of aromatic amines is 1. The number of hydrogen-bond acceptors (Lipinski definition) is 6. The number of aromatic nitrogens is 8. The predicted molar refractivity (Wildman–Crippen MR) is 134 cm³/mol. The van der Waals surface area contributed by atoms with Gasteiger partial charge in [0.25, 0.3) is 0 Å². The van der Waals surface area contributed by atoms with E-state index in [0.717, 1.165) is 62.4 Å². The quantitative estimate of drug-likeness (QED) is 0.384. The minimum Gasteiger partial charge on any atom is -0.324 e. The van der Waals surface area contributed by atoms with Crippen molar-refractivity contribution in [3.8, 4) is 22.8 Å². The summed E-state index contributed by atoms with van der Waals surface area (Å²) in [6, 6.07) is 8.09. The van der Waals surface area contributed by atoms with Crippen LogP contribution in [0.15, 0.2) is 24.3 Å². The van der Waals surface area contributed by atoms with Crippen molar-refractivity contribution in [2.24, 2.45) is 7.05 Å². The minimum atomic E-state index is 0.605. The minimum absolute atomic E-state index is 0.605. The molecular weight excluding hydrogens is 424 g/mol. The van der Waals surface area contributed by atoms with E-state index in [1.165, 1.54) is 0 Å². The highest BCUT2D eigenvalue weighted by molar-refractivity contribution is 5.83. The molecule has 5 heterocycles. The number of benzene rings is 1. The summed E-state index contributed by atoms with van der Waals surface area (Å²) in [5.41, 5.74) is 9.39. The molecular formula is C26H24N8. The van der Waals surface area contributed by atoms with Crippen LogP contribution in [0.5, 0.6) is 0 Å². The smallest absolute Gasteiger partial charge is 0.164 e. The van der Waals surface area contributed by atoms with Crippen LogP contribution in [0.25, 0.3) is 57.5 Å². The van der Waals surface area contributed by atoms with E-state index in [1.54, 1.807) is 0 Å². The number of H-pyrrole nitrogens is 1. The highest BCUT2D eigenvalue weighted by Crippen LogP contribution is 2.34. The van der Waals surface area contributed by atoms with Gasteiger partial charge in [-0.3, -0.25) is 0 Å².